The number of carbonyl (C=O) groups is 3. The lowest BCUT2D eigenvalue weighted by atomic mass is 10.1. The summed E-state index contributed by atoms with van der Waals surface area (Å²) in [6.45, 7) is 3.71. The molecular formula is C11H15ClO6S. The Morgan fingerprint density at radius 2 is 1.42 bits per heavy atom. The molecule has 0 spiro atoms. The Bertz CT molecular complexity index is 374. The van der Waals surface area contributed by atoms with Gasteiger partial charge in [-0.25, -0.2) is 0 Å². The molecule has 1 aliphatic heterocycles. The smallest absolute Gasteiger partial charge is 0.303 e. The fourth-order valence-corrected chi connectivity index (χ4v) is 3.14. The second-order valence-electron chi connectivity index (χ2n) is 3.98. The number of halogens is 1. The topological polar surface area (TPSA) is 78.9 Å². The summed E-state index contributed by atoms with van der Waals surface area (Å²) in [7, 11) is 0. The lowest BCUT2D eigenvalue weighted by Gasteiger charge is -2.37. The van der Waals surface area contributed by atoms with Gasteiger partial charge in [0.2, 0.25) is 0 Å². The SMILES string of the molecule is CC(=O)O[C@@H]1[C@@H](OC(C)=O)[C@H](OC(C)=O)CS[C@H]1Cl. The molecule has 1 heterocycles. The molecule has 0 aliphatic carbocycles. The van der Waals surface area contributed by atoms with Gasteiger partial charge in [-0.15, -0.1) is 23.4 Å². The Kier molecular flexibility index (Phi) is 5.93. The van der Waals surface area contributed by atoms with Gasteiger partial charge in [-0.2, -0.15) is 0 Å². The van der Waals surface area contributed by atoms with Crippen LogP contribution >= 0.6 is 23.4 Å². The fourth-order valence-electron chi connectivity index (χ4n) is 1.70. The van der Waals surface area contributed by atoms with Crippen LogP contribution in [0.2, 0.25) is 0 Å². The van der Waals surface area contributed by atoms with Gasteiger partial charge in [-0.3, -0.25) is 14.4 Å². The van der Waals surface area contributed by atoms with E-state index in [-0.39, 0.29) is 0 Å². The van der Waals surface area contributed by atoms with Crippen molar-refractivity contribution >= 4 is 41.3 Å². The number of rotatable bonds is 3. The number of ether oxygens (including phenoxy) is 3. The molecule has 1 aliphatic rings. The van der Waals surface area contributed by atoms with Crippen molar-refractivity contribution in [2.75, 3.05) is 5.75 Å². The summed E-state index contributed by atoms with van der Waals surface area (Å²) in [5, 5.41) is 0. The molecular weight excluding hydrogens is 296 g/mol. The summed E-state index contributed by atoms with van der Waals surface area (Å²) in [5.74, 6) is -1.24. The predicted molar refractivity (Wildman–Crippen MR) is 68.8 cm³/mol. The van der Waals surface area contributed by atoms with Gasteiger partial charge in [-0.1, -0.05) is 0 Å². The lowest BCUT2D eigenvalue weighted by Crippen LogP contribution is -2.52. The molecule has 0 saturated carbocycles. The third-order valence-corrected chi connectivity index (χ3v) is 4.02. The summed E-state index contributed by atoms with van der Waals surface area (Å²) in [5.41, 5.74) is 0. The average molecular weight is 311 g/mol. The number of esters is 3. The van der Waals surface area contributed by atoms with E-state index < -0.39 is 40.9 Å². The van der Waals surface area contributed by atoms with Crippen LogP contribution in [-0.2, 0) is 28.6 Å². The van der Waals surface area contributed by atoms with Crippen molar-refractivity contribution in [1.29, 1.82) is 0 Å². The molecule has 0 radical (unpaired) electrons. The van der Waals surface area contributed by atoms with Crippen molar-refractivity contribution in [3.8, 4) is 0 Å². The molecule has 1 fully saturated rings. The Hall–Kier alpha value is -0.950. The van der Waals surface area contributed by atoms with Crippen LogP contribution in [0.1, 0.15) is 20.8 Å². The first-order chi connectivity index (χ1) is 8.81. The maximum atomic E-state index is 11.1. The minimum Gasteiger partial charge on any atom is -0.458 e. The second-order valence-corrected chi connectivity index (χ2v) is 5.88. The van der Waals surface area contributed by atoms with Gasteiger partial charge in [0.25, 0.3) is 0 Å². The number of thioether (sulfide) groups is 1. The molecule has 0 aromatic heterocycles. The van der Waals surface area contributed by atoms with Crippen molar-refractivity contribution in [2.45, 2.75) is 43.8 Å². The zero-order valence-electron chi connectivity index (χ0n) is 10.8. The highest BCUT2D eigenvalue weighted by Gasteiger charge is 2.45. The van der Waals surface area contributed by atoms with Crippen LogP contribution in [0.4, 0.5) is 0 Å². The summed E-state index contributed by atoms with van der Waals surface area (Å²) >= 11 is 7.33. The van der Waals surface area contributed by atoms with Gasteiger partial charge in [0.15, 0.2) is 18.3 Å². The zero-order chi connectivity index (χ0) is 14.6. The van der Waals surface area contributed by atoms with E-state index in [2.05, 4.69) is 0 Å². The van der Waals surface area contributed by atoms with E-state index >= 15 is 0 Å². The highest BCUT2D eigenvalue weighted by Crippen LogP contribution is 2.34. The highest BCUT2D eigenvalue weighted by molar-refractivity contribution is 8.01. The van der Waals surface area contributed by atoms with Crippen molar-refractivity contribution in [3.05, 3.63) is 0 Å². The molecule has 6 nitrogen and oxygen atoms in total. The van der Waals surface area contributed by atoms with E-state index in [9.17, 15) is 14.4 Å². The predicted octanol–water partition coefficient (Wildman–Crippen LogP) is 1.09. The molecule has 108 valence electrons. The number of hydrogen-bond acceptors (Lipinski definition) is 7. The van der Waals surface area contributed by atoms with Crippen molar-refractivity contribution in [2.24, 2.45) is 0 Å². The minimum absolute atomic E-state index is 0.365. The molecule has 4 atom stereocenters. The first kappa shape index (κ1) is 16.1. The Balaban J connectivity index is 2.89. The molecule has 0 N–H and O–H groups in total. The van der Waals surface area contributed by atoms with Crippen LogP contribution in [0.15, 0.2) is 0 Å². The zero-order valence-corrected chi connectivity index (χ0v) is 12.3. The van der Waals surface area contributed by atoms with Crippen LogP contribution in [0.5, 0.6) is 0 Å². The maximum Gasteiger partial charge on any atom is 0.303 e. The minimum atomic E-state index is -0.894. The van der Waals surface area contributed by atoms with Gasteiger partial charge in [0.1, 0.15) is 4.71 Å². The second kappa shape index (κ2) is 7.00. The van der Waals surface area contributed by atoms with E-state index in [1.807, 2.05) is 0 Å². The lowest BCUT2D eigenvalue weighted by molar-refractivity contribution is -0.180. The quantitative estimate of drug-likeness (QED) is 0.438. The third kappa shape index (κ3) is 4.91. The van der Waals surface area contributed by atoms with Gasteiger partial charge in [0, 0.05) is 26.5 Å². The highest BCUT2D eigenvalue weighted by atomic mass is 35.5. The Morgan fingerprint density at radius 1 is 0.947 bits per heavy atom. The molecule has 8 heteroatoms. The number of carbonyl (C=O) groups excluding carboxylic acids is 3. The van der Waals surface area contributed by atoms with E-state index in [0.717, 1.165) is 0 Å². The molecule has 0 aromatic carbocycles. The summed E-state index contributed by atoms with van der Waals surface area (Å²) in [4.78, 5) is 33.2. The molecule has 19 heavy (non-hydrogen) atoms. The molecule has 0 unspecified atom stereocenters. The maximum absolute atomic E-state index is 11.1. The Labute approximate surface area is 120 Å². The van der Waals surface area contributed by atoms with Gasteiger partial charge in [-0.05, 0) is 0 Å². The molecule has 1 rings (SSSR count). The van der Waals surface area contributed by atoms with Crippen molar-refractivity contribution < 1.29 is 28.6 Å². The summed E-state index contributed by atoms with van der Waals surface area (Å²) in [6, 6.07) is 0. The Morgan fingerprint density at radius 3 is 1.89 bits per heavy atom. The van der Waals surface area contributed by atoms with Gasteiger partial charge >= 0.3 is 17.9 Å². The number of hydrogen-bond donors (Lipinski definition) is 0. The largest absolute Gasteiger partial charge is 0.458 e. The normalized spacial score (nSPS) is 30.3. The standard InChI is InChI=1S/C11H15ClO6S/c1-5(13)16-8-4-19-11(12)10(18-7(3)15)9(8)17-6(2)14/h8-11H,4H2,1-3H3/t8-,9+,10-,11-/m1/s1. The van der Waals surface area contributed by atoms with E-state index in [1.165, 1.54) is 32.5 Å². The van der Waals surface area contributed by atoms with E-state index in [1.54, 1.807) is 0 Å². The summed E-state index contributed by atoms with van der Waals surface area (Å²) in [6.07, 6.45) is -2.44. The first-order valence-corrected chi connectivity index (χ1v) is 7.07. The average Bonchev–Trinajstić information content (AvgIpc) is 2.25. The van der Waals surface area contributed by atoms with E-state index in [4.69, 9.17) is 25.8 Å². The van der Waals surface area contributed by atoms with Crippen LogP contribution < -0.4 is 0 Å². The first-order valence-electron chi connectivity index (χ1n) is 5.58. The van der Waals surface area contributed by atoms with Gasteiger partial charge in [0.05, 0.1) is 0 Å². The fraction of sp³-hybridized carbons (Fsp3) is 0.727. The molecule has 1 saturated heterocycles. The van der Waals surface area contributed by atoms with Gasteiger partial charge < -0.3 is 14.2 Å². The van der Waals surface area contributed by atoms with Crippen LogP contribution in [-0.4, -0.2) is 46.7 Å². The molecule has 0 aromatic rings. The van der Waals surface area contributed by atoms with Crippen LogP contribution in [0.25, 0.3) is 0 Å². The third-order valence-electron chi connectivity index (χ3n) is 2.29. The van der Waals surface area contributed by atoms with Crippen molar-refractivity contribution in [1.82, 2.24) is 0 Å². The van der Waals surface area contributed by atoms with Crippen LogP contribution in [0.3, 0.4) is 0 Å². The van der Waals surface area contributed by atoms with Crippen molar-refractivity contribution in [3.63, 3.8) is 0 Å². The molecule has 0 amide bonds. The van der Waals surface area contributed by atoms with E-state index in [0.29, 0.717) is 5.75 Å². The monoisotopic (exact) mass is 310 g/mol. The number of alkyl halides is 1. The summed E-state index contributed by atoms with van der Waals surface area (Å²) < 4.78 is 14.7. The molecule has 0 bridgehead atoms. The van der Waals surface area contributed by atoms with Crippen LogP contribution in [0, 0.1) is 0 Å².